The minimum atomic E-state index is -1.17. The first kappa shape index (κ1) is 12.2. The van der Waals surface area contributed by atoms with E-state index in [2.05, 4.69) is 9.72 Å². The summed E-state index contributed by atoms with van der Waals surface area (Å²) in [7, 11) is 1.19. The molecule has 0 aliphatic carbocycles. The topological polar surface area (TPSA) is 79.4 Å². The van der Waals surface area contributed by atoms with E-state index in [1.165, 1.54) is 7.11 Å². The minimum absolute atomic E-state index is 0.117. The zero-order valence-electron chi connectivity index (χ0n) is 9.84. The number of hydrogen-bond acceptors (Lipinski definition) is 3. The number of fused-ring (bicyclic) bond motifs is 1. The molecule has 1 aromatic heterocycles. The van der Waals surface area contributed by atoms with Crippen molar-refractivity contribution in [1.82, 2.24) is 4.98 Å². The Morgan fingerprint density at radius 3 is 2.78 bits per heavy atom. The molecule has 0 aliphatic rings. The van der Waals surface area contributed by atoms with E-state index in [9.17, 15) is 9.59 Å². The van der Waals surface area contributed by atoms with Crippen LogP contribution in [0.15, 0.2) is 30.5 Å². The van der Waals surface area contributed by atoms with Crippen molar-refractivity contribution >= 4 is 22.8 Å². The van der Waals surface area contributed by atoms with Gasteiger partial charge in [-0.1, -0.05) is 18.2 Å². The first-order valence-corrected chi connectivity index (χ1v) is 5.49. The maximum absolute atomic E-state index is 11.4. The lowest BCUT2D eigenvalue weighted by molar-refractivity contribution is -0.156. The van der Waals surface area contributed by atoms with Crippen molar-refractivity contribution < 1.29 is 19.4 Å². The fourth-order valence-electron chi connectivity index (χ4n) is 1.93. The highest BCUT2D eigenvalue weighted by Gasteiger charge is 2.28. The van der Waals surface area contributed by atoms with E-state index in [1.807, 2.05) is 24.3 Å². The zero-order chi connectivity index (χ0) is 13.1. The van der Waals surface area contributed by atoms with Crippen molar-refractivity contribution in [3.63, 3.8) is 0 Å². The van der Waals surface area contributed by atoms with Crippen LogP contribution in [0.5, 0.6) is 0 Å². The predicted octanol–water partition coefficient (Wildman–Crippen LogP) is 1.58. The Hall–Kier alpha value is -2.30. The number of aromatic nitrogens is 1. The normalized spacial score (nSPS) is 12.3. The smallest absolute Gasteiger partial charge is 0.320 e. The highest BCUT2D eigenvalue weighted by molar-refractivity contribution is 5.95. The number of aromatic amines is 1. The SMILES string of the molecule is COC(=O)C(Cc1c[nH]c2ccccc12)C(=O)O. The molecule has 94 valence electrons. The van der Waals surface area contributed by atoms with E-state index >= 15 is 0 Å². The van der Waals surface area contributed by atoms with E-state index in [1.54, 1.807) is 6.20 Å². The predicted molar refractivity (Wildman–Crippen MR) is 65.1 cm³/mol. The molecule has 0 amide bonds. The van der Waals surface area contributed by atoms with Gasteiger partial charge >= 0.3 is 11.9 Å². The van der Waals surface area contributed by atoms with Crippen molar-refractivity contribution in [2.24, 2.45) is 5.92 Å². The number of benzene rings is 1. The highest BCUT2D eigenvalue weighted by atomic mass is 16.5. The number of aliphatic carboxylic acids is 1. The molecule has 0 saturated heterocycles. The van der Waals surface area contributed by atoms with Crippen LogP contribution in [0.2, 0.25) is 0 Å². The molecule has 0 bridgehead atoms. The standard InChI is InChI=1S/C13H13NO4/c1-18-13(17)10(12(15)16)6-8-7-14-11-5-3-2-4-9(8)11/h2-5,7,10,14H,6H2,1H3,(H,15,16). The monoisotopic (exact) mass is 247 g/mol. The first-order valence-electron chi connectivity index (χ1n) is 5.49. The van der Waals surface area contributed by atoms with Gasteiger partial charge in [0.15, 0.2) is 5.92 Å². The number of ether oxygens (including phenoxy) is 1. The molecule has 18 heavy (non-hydrogen) atoms. The van der Waals surface area contributed by atoms with Gasteiger partial charge in [-0.2, -0.15) is 0 Å². The Bertz CT molecular complexity index is 587. The molecule has 0 aliphatic heterocycles. The molecule has 0 spiro atoms. The molecule has 1 atom stereocenters. The molecule has 1 heterocycles. The third kappa shape index (κ3) is 2.20. The Balaban J connectivity index is 2.32. The fraction of sp³-hybridized carbons (Fsp3) is 0.231. The van der Waals surface area contributed by atoms with Crippen molar-refractivity contribution in [1.29, 1.82) is 0 Å². The molecule has 0 fully saturated rings. The molecule has 5 nitrogen and oxygen atoms in total. The number of rotatable bonds is 4. The van der Waals surface area contributed by atoms with Crippen LogP contribution in [0.25, 0.3) is 10.9 Å². The number of esters is 1. The zero-order valence-corrected chi connectivity index (χ0v) is 9.84. The number of carbonyl (C=O) groups is 2. The second-order valence-electron chi connectivity index (χ2n) is 3.98. The third-order valence-corrected chi connectivity index (χ3v) is 2.88. The van der Waals surface area contributed by atoms with E-state index in [-0.39, 0.29) is 6.42 Å². The number of H-pyrrole nitrogens is 1. The largest absolute Gasteiger partial charge is 0.481 e. The molecule has 1 unspecified atom stereocenters. The molecule has 0 saturated carbocycles. The van der Waals surface area contributed by atoms with Crippen molar-refractivity contribution in [3.8, 4) is 0 Å². The van der Waals surface area contributed by atoms with Gasteiger partial charge < -0.3 is 14.8 Å². The molecule has 5 heteroatoms. The highest BCUT2D eigenvalue weighted by Crippen LogP contribution is 2.21. The number of para-hydroxylation sites is 1. The van der Waals surface area contributed by atoms with Gasteiger partial charge in [0.2, 0.25) is 0 Å². The van der Waals surface area contributed by atoms with Crippen LogP contribution in [0.1, 0.15) is 5.56 Å². The van der Waals surface area contributed by atoms with Gasteiger partial charge in [-0.15, -0.1) is 0 Å². The molecular formula is C13H13NO4. The van der Waals surface area contributed by atoms with E-state index in [0.717, 1.165) is 16.5 Å². The first-order chi connectivity index (χ1) is 8.63. The van der Waals surface area contributed by atoms with Crippen LogP contribution < -0.4 is 0 Å². The number of methoxy groups -OCH3 is 1. The molecule has 0 radical (unpaired) electrons. The van der Waals surface area contributed by atoms with Crippen molar-refractivity contribution in [3.05, 3.63) is 36.0 Å². The molecule has 1 aromatic carbocycles. The summed E-state index contributed by atoms with van der Waals surface area (Å²) in [5, 5.41) is 9.96. The molecule has 2 aromatic rings. The van der Waals surface area contributed by atoms with Crippen molar-refractivity contribution in [2.75, 3.05) is 7.11 Å². The Morgan fingerprint density at radius 2 is 2.11 bits per heavy atom. The maximum atomic E-state index is 11.4. The summed E-state index contributed by atoms with van der Waals surface area (Å²) in [6.45, 7) is 0. The average molecular weight is 247 g/mol. The summed E-state index contributed by atoms with van der Waals surface area (Å²) in [6, 6.07) is 7.54. The van der Waals surface area contributed by atoms with Crippen LogP contribution in [-0.2, 0) is 20.7 Å². The quantitative estimate of drug-likeness (QED) is 0.635. The molecule has 2 N–H and O–H groups in total. The summed E-state index contributed by atoms with van der Waals surface area (Å²) in [4.78, 5) is 25.5. The van der Waals surface area contributed by atoms with Gasteiger partial charge in [0.25, 0.3) is 0 Å². The van der Waals surface area contributed by atoms with Crippen LogP contribution in [0, 0.1) is 5.92 Å². The van der Waals surface area contributed by atoms with Crippen LogP contribution in [0.4, 0.5) is 0 Å². The summed E-state index contributed by atoms with van der Waals surface area (Å²) >= 11 is 0. The minimum Gasteiger partial charge on any atom is -0.481 e. The number of carboxylic acid groups (broad SMARTS) is 1. The van der Waals surface area contributed by atoms with Crippen LogP contribution in [-0.4, -0.2) is 29.1 Å². The Morgan fingerprint density at radius 1 is 1.39 bits per heavy atom. The van der Waals surface area contributed by atoms with E-state index < -0.39 is 17.9 Å². The summed E-state index contributed by atoms with van der Waals surface area (Å²) < 4.78 is 4.50. The van der Waals surface area contributed by atoms with E-state index in [0.29, 0.717) is 0 Å². The average Bonchev–Trinajstić information content (AvgIpc) is 2.78. The van der Waals surface area contributed by atoms with Gasteiger partial charge in [-0.05, 0) is 18.1 Å². The number of hydrogen-bond donors (Lipinski definition) is 2. The second kappa shape index (κ2) is 4.91. The van der Waals surface area contributed by atoms with E-state index in [4.69, 9.17) is 5.11 Å². The summed E-state index contributed by atoms with van der Waals surface area (Å²) in [5.41, 5.74) is 1.71. The molecular weight excluding hydrogens is 234 g/mol. The lowest BCUT2D eigenvalue weighted by Gasteiger charge is -2.09. The lowest BCUT2D eigenvalue weighted by atomic mass is 9.99. The van der Waals surface area contributed by atoms with Crippen LogP contribution >= 0.6 is 0 Å². The Kier molecular flexibility index (Phi) is 3.32. The number of carbonyl (C=O) groups excluding carboxylic acids is 1. The van der Waals surface area contributed by atoms with Crippen molar-refractivity contribution in [2.45, 2.75) is 6.42 Å². The van der Waals surface area contributed by atoms with Gasteiger partial charge in [0, 0.05) is 17.1 Å². The number of nitrogens with one attached hydrogen (secondary N) is 1. The van der Waals surface area contributed by atoms with Gasteiger partial charge in [-0.3, -0.25) is 9.59 Å². The van der Waals surface area contributed by atoms with Crippen LogP contribution in [0.3, 0.4) is 0 Å². The van der Waals surface area contributed by atoms with Gasteiger partial charge in [0.1, 0.15) is 0 Å². The van der Waals surface area contributed by atoms with Gasteiger partial charge in [-0.25, -0.2) is 0 Å². The van der Waals surface area contributed by atoms with Gasteiger partial charge in [0.05, 0.1) is 7.11 Å². The number of carboxylic acids is 1. The Labute approximate surface area is 103 Å². The summed E-state index contributed by atoms with van der Waals surface area (Å²) in [6.07, 6.45) is 1.84. The third-order valence-electron chi connectivity index (χ3n) is 2.88. The summed E-state index contributed by atoms with van der Waals surface area (Å²) in [5.74, 6) is -3.07. The lowest BCUT2D eigenvalue weighted by Crippen LogP contribution is -2.26. The maximum Gasteiger partial charge on any atom is 0.320 e. The fourth-order valence-corrected chi connectivity index (χ4v) is 1.93. The second-order valence-corrected chi connectivity index (χ2v) is 3.98. The molecule has 2 rings (SSSR count).